The van der Waals surface area contributed by atoms with Crippen LogP contribution >= 0.6 is 23.2 Å². The molecule has 1 aliphatic rings. The van der Waals surface area contributed by atoms with E-state index in [2.05, 4.69) is 0 Å². The van der Waals surface area contributed by atoms with E-state index in [9.17, 15) is 17.6 Å². The molecule has 1 saturated heterocycles. The van der Waals surface area contributed by atoms with Crippen molar-refractivity contribution in [2.75, 3.05) is 26.3 Å². The van der Waals surface area contributed by atoms with E-state index >= 15 is 0 Å². The Hall–Kier alpha value is -1.71. The van der Waals surface area contributed by atoms with Crippen molar-refractivity contribution in [3.63, 3.8) is 0 Å². The average Bonchev–Trinajstić information content (AvgIpc) is 2.65. The summed E-state index contributed by atoms with van der Waals surface area (Å²) < 4.78 is 50.9. The maximum atomic E-state index is 14.2. The van der Waals surface area contributed by atoms with Gasteiger partial charge in [0.15, 0.2) is 0 Å². The van der Waals surface area contributed by atoms with Crippen molar-refractivity contribution < 1.29 is 27.1 Å². The van der Waals surface area contributed by atoms with Gasteiger partial charge in [-0.15, -0.1) is 0 Å². The molecule has 0 bridgehead atoms. The normalized spacial score (nSPS) is 15.5. The fraction of sp³-hybridized carbons (Fsp3) is 0.235. The van der Waals surface area contributed by atoms with Crippen LogP contribution in [0.25, 0.3) is 0 Å². The zero-order chi connectivity index (χ0) is 19.6. The zero-order valence-electron chi connectivity index (χ0n) is 13.8. The fourth-order valence-electron chi connectivity index (χ4n) is 2.47. The van der Waals surface area contributed by atoms with Gasteiger partial charge in [-0.05, 0) is 36.4 Å². The summed E-state index contributed by atoms with van der Waals surface area (Å²) in [7, 11) is -4.11. The van der Waals surface area contributed by atoms with Gasteiger partial charge in [0.1, 0.15) is 16.5 Å². The Labute approximate surface area is 165 Å². The minimum absolute atomic E-state index is 0.0491. The van der Waals surface area contributed by atoms with Gasteiger partial charge in [-0.3, -0.25) is 0 Å². The smallest absolute Gasteiger partial charge is 0.343 e. The van der Waals surface area contributed by atoms with E-state index in [1.807, 2.05) is 0 Å². The summed E-state index contributed by atoms with van der Waals surface area (Å²) >= 11 is 11.7. The lowest BCUT2D eigenvalue weighted by molar-refractivity contribution is 0.0726. The van der Waals surface area contributed by atoms with Gasteiger partial charge in [-0.25, -0.2) is 17.6 Å². The van der Waals surface area contributed by atoms with Gasteiger partial charge in [-0.1, -0.05) is 23.2 Å². The van der Waals surface area contributed by atoms with E-state index in [4.69, 9.17) is 32.7 Å². The van der Waals surface area contributed by atoms with E-state index < -0.39 is 26.7 Å². The number of hydrogen-bond donors (Lipinski definition) is 0. The second-order valence-corrected chi connectivity index (χ2v) is 8.38. The van der Waals surface area contributed by atoms with Crippen molar-refractivity contribution in [1.29, 1.82) is 0 Å². The second-order valence-electron chi connectivity index (χ2n) is 5.63. The van der Waals surface area contributed by atoms with E-state index in [1.165, 1.54) is 18.2 Å². The number of hydrogen-bond acceptors (Lipinski definition) is 5. The van der Waals surface area contributed by atoms with Crippen molar-refractivity contribution in [3.8, 4) is 5.75 Å². The first-order valence-electron chi connectivity index (χ1n) is 7.84. The van der Waals surface area contributed by atoms with Crippen LogP contribution in [0, 0.1) is 5.82 Å². The topological polar surface area (TPSA) is 72.9 Å². The van der Waals surface area contributed by atoms with Crippen molar-refractivity contribution in [3.05, 3.63) is 57.8 Å². The Bertz CT molecular complexity index is 977. The molecule has 0 spiro atoms. The third-order valence-electron chi connectivity index (χ3n) is 3.85. The van der Waals surface area contributed by atoms with Crippen LogP contribution in [0.4, 0.5) is 4.39 Å². The Kier molecular flexibility index (Phi) is 6.02. The van der Waals surface area contributed by atoms with Crippen LogP contribution in [0.5, 0.6) is 5.75 Å². The maximum absolute atomic E-state index is 14.2. The predicted molar refractivity (Wildman–Crippen MR) is 97.4 cm³/mol. The van der Waals surface area contributed by atoms with Crippen molar-refractivity contribution in [2.24, 2.45) is 0 Å². The third-order valence-corrected chi connectivity index (χ3v) is 6.30. The number of rotatable bonds is 4. The van der Waals surface area contributed by atoms with E-state index in [0.717, 1.165) is 22.5 Å². The number of morpholine rings is 1. The van der Waals surface area contributed by atoms with Gasteiger partial charge in [0.25, 0.3) is 0 Å². The first kappa shape index (κ1) is 20.0. The molecule has 0 saturated carbocycles. The minimum atomic E-state index is -4.11. The van der Waals surface area contributed by atoms with Crippen LogP contribution in [0.3, 0.4) is 0 Å². The third kappa shape index (κ3) is 4.41. The summed E-state index contributed by atoms with van der Waals surface area (Å²) in [5, 5.41) is 0.472. The SMILES string of the molecule is O=C(Oc1ccc(Cl)cc1Cl)c1ccc(F)c(S(=O)(=O)N2CCOCC2)c1. The molecule has 0 radical (unpaired) electrons. The van der Waals surface area contributed by atoms with Gasteiger partial charge in [0.05, 0.1) is 23.8 Å². The molecule has 0 atom stereocenters. The molecule has 1 heterocycles. The molecule has 0 aromatic heterocycles. The number of sulfonamides is 1. The van der Waals surface area contributed by atoms with Gasteiger partial charge in [0.2, 0.25) is 10.0 Å². The monoisotopic (exact) mass is 433 g/mol. The fourth-order valence-corrected chi connectivity index (χ4v) is 4.42. The van der Waals surface area contributed by atoms with E-state index in [-0.39, 0.29) is 42.6 Å². The Morgan fingerprint density at radius 2 is 1.81 bits per heavy atom. The van der Waals surface area contributed by atoms with Crippen LogP contribution in [-0.2, 0) is 14.8 Å². The highest BCUT2D eigenvalue weighted by molar-refractivity contribution is 7.89. The molecular weight excluding hydrogens is 420 g/mol. The molecule has 0 unspecified atom stereocenters. The minimum Gasteiger partial charge on any atom is -0.421 e. The average molecular weight is 434 g/mol. The molecule has 1 aliphatic heterocycles. The summed E-state index contributed by atoms with van der Waals surface area (Å²) in [6.45, 7) is 0.656. The molecule has 0 aliphatic carbocycles. The molecule has 0 amide bonds. The number of carbonyl (C=O) groups is 1. The predicted octanol–water partition coefficient (Wildman–Crippen LogP) is 3.37. The number of halogens is 3. The molecule has 10 heteroatoms. The van der Waals surface area contributed by atoms with Gasteiger partial charge in [0, 0.05) is 18.1 Å². The highest BCUT2D eigenvalue weighted by Gasteiger charge is 2.30. The Morgan fingerprint density at radius 1 is 1.11 bits per heavy atom. The quantitative estimate of drug-likeness (QED) is 0.545. The highest BCUT2D eigenvalue weighted by Crippen LogP contribution is 2.29. The van der Waals surface area contributed by atoms with Crippen molar-refractivity contribution in [1.82, 2.24) is 4.31 Å². The largest absolute Gasteiger partial charge is 0.421 e. The summed E-state index contributed by atoms with van der Waals surface area (Å²) in [5.74, 6) is -1.78. The number of ether oxygens (including phenoxy) is 2. The van der Waals surface area contributed by atoms with Gasteiger partial charge < -0.3 is 9.47 Å². The molecule has 2 aromatic carbocycles. The molecule has 1 fully saturated rings. The number of esters is 1. The lowest BCUT2D eigenvalue weighted by Crippen LogP contribution is -2.41. The van der Waals surface area contributed by atoms with E-state index in [0.29, 0.717) is 5.02 Å². The molecule has 144 valence electrons. The number of nitrogens with zero attached hydrogens (tertiary/aromatic N) is 1. The van der Waals surface area contributed by atoms with Crippen molar-refractivity contribution >= 4 is 39.2 Å². The highest BCUT2D eigenvalue weighted by atomic mass is 35.5. The lowest BCUT2D eigenvalue weighted by atomic mass is 10.2. The molecule has 3 rings (SSSR count). The Balaban J connectivity index is 1.89. The van der Waals surface area contributed by atoms with Gasteiger partial charge in [-0.2, -0.15) is 4.31 Å². The van der Waals surface area contributed by atoms with E-state index in [1.54, 1.807) is 0 Å². The lowest BCUT2D eigenvalue weighted by Gasteiger charge is -2.26. The number of benzene rings is 2. The van der Waals surface area contributed by atoms with Crippen LogP contribution < -0.4 is 4.74 Å². The first-order chi connectivity index (χ1) is 12.8. The maximum Gasteiger partial charge on any atom is 0.343 e. The van der Waals surface area contributed by atoms with Crippen LogP contribution in [0.1, 0.15) is 10.4 Å². The Morgan fingerprint density at radius 3 is 2.48 bits per heavy atom. The van der Waals surface area contributed by atoms with Crippen molar-refractivity contribution in [2.45, 2.75) is 4.90 Å². The zero-order valence-corrected chi connectivity index (χ0v) is 16.2. The molecule has 6 nitrogen and oxygen atoms in total. The summed E-state index contributed by atoms with van der Waals surface area (Å²) in [4.78, 5) is 11.8. The van der Waals surface area contributed by atoms with Crippen LogP contribution in [0.15, 0.2) is 41.3 Å². The van der Waals surface area contributed by atoms with Crippen LogP contribution in [0.2, 0.25) is 10.0 Å². The van der Waals surface area contributed by atoms with Gasteiger partial charge >= 0.3 is 5.97 Å². The number of carbonyl (C=O) groups excluding carboxylic acids is 1. The summed E-state index contributed by atoms with van der Waals surface area (Å²) in [6, 6.07) is 7.27. The molecular formula is C17H14Cl2FNO5S. The first-order valence-corrected chi connectivity index (χ1v) is 10.0. The standard InChI is InChI=1S/C17H14Cl2FNO5S/c18-12-2-4-15(13(19)10-12)26-17(22)11-1-3-14(20)16(9-11)27(23,24)21-5-7-25-8-6-21/h1-4,9-10H,5-8H2. The second kappa shape index (κ2) is 8.12. The molecule has 27 heavy (non-hydrogen) atoms. The summed E-state index contributed by atoms with van der Waals surface area (Å²) in [6.07, 6.45) is 0. The van der Waals surface area contributed by atoms with Crippen LogP contribution in [-0.4, -0.2) is 45.0 Å². The molecule has 2 aromatic rings. The molecule has 0 N–H and O–H groups in total. The summed E-state index contributed by atoms with van der Waals surface area (Å²) in [5.41, 5.74) is -0.130.